The predicted octanol–water partition coefficient (Wildman–Crippen LogP) is 1.64. The van der Waals surface area contributed by atoms with Gasteiger partial charge in [0.1, 0.15) is 23.1 Å². The van der Waals surface area contributed by atoms with E-state index in [1.54, 1.807) is 26.4 Å². The summed E-state index contributed by atoms with van der Waals surface area (Å²) in [5.41, 5.74) is 2.92. The van der Waals surface area contributed by atoms with Gasteiger partial charge < -0.3 is 19.5 Å². The average Bonchev–Trinajstić information content (AvgIpc) is 3.06. The summed E-state index contributed by atoms with van der Waals surface area (Å²) in [7, 11) is 3.10. The highest BCUT2D eigenvalue weighted by Gasteiger charge is 2.32. The molecule has 0 aliphatic carbocycles. The third kappa shape index (κ3) is 2.92. The molecule has 2 N–H and O–H groups in total. The summed E-state index contributed by atoms with van der Waals surface area (Å²) in [5, 5.41) is 21.0. The number of carbonyl (C=O) groups excluding carboxylic acids is 1. The minimum Gasteiger partial charge on any atom is -0.496 e. The Bertz CT molecular complexity index is 707. The topological polar surface area (TPSA) is 96.8 Å². The van der Waals surface area contributed by atoms with Crippen LogP contribution in [0.25, 0.3) is 0 Å². The van der Waals surface area contributed by atoms with E-state index in [-0.39, 0.29) is 12.6 Å². The maximum Gasteiger partial charge on any atom is 0.324 e. The van der Waals surface area contributed by atoms with Gasteiger partial charge in [0.2, 0.25) is 5.13 Å². The number of aliphatic hydroxyl groups excluding tert-OH is 1. The highest BCUT2D eigenvalue weighted by atomic mass is 32.1. The lowest BCUT2D eigenvalue weighted by Gasteiger charge is -2.33. The second kappa shape index (κ2) is 6.39. The van der Waals surface area contributed by atoms with E-state index in [0.29, 0.717) is 28.7 Å². The highest BCUT2D eigenvalue weighted by Crippen LogP contribution is 2.39. The van der Waals surface area contributed by atoms with E-state index in [9.17, 15) is 9.90 Å². The number of hydrogen-bond acceptors (Lipinski definition) is 7. The number of rotatable bonds is 3. The Morgan fingerprint density at radius 3 is 2.78 bits per heavy atom. The molecule has 0 spiro atoms. The number of amides is 2. The summed E-state index contributed by atoms with van der Waals surface area (Å²) in [6.45, 7) is 0.457. The summed E-state index contributed by atoms with van der Waals surface area (Å²) in [4.78, 5) is 13.8. The summed E-state index contributed by atoms with van der Waals surface area (Å²) in [6, 6.07) is 3.16. The zero-order valence-electron chi connectivity index (χ0n) is 12.6. The minimum atomic E-state index is -0.857. The highest BCUT2D eigenvalue weighted by molar-refractivity contribution is 7.13. The number of nitrogens with zero attached hydrogens (tertiary/aromatic N) is 3. The Morgan fingerprint density at radius 1 is 1.39 bits per heavy atom. The zero-order chi connectivity index (χ0) is 16.4. The molecule has 8 nitrogen and oxygen atoms in total. The van der Waals surface area contributed by atoms with Crippen molar-refractivity contribution in [3.63, 3.8) is 0 Å². The molecule has 23 heavy (non-hydrogen) atoms. The van der Waals surface area contributed by atoms with Crippen molar-refractivity contribution < 1.29 is 19.4 Å². The molecule has 1 aromatic heterocycles. The van der Waals surface area contributed by atoms with Crippen molar-refractivity contribution in [2.24, 2.45) is 0 Å². The van der Waals surface area contributed by atoms with Crippen LogP contribution < -0.4 is 14.8 Å². The number of β-amino-alcohol motifs (C(OH)–C–C–N with tert-alkyl or cyclic N) is 1. The number of ether oxygens (including phenoxy) is 2. The second-order valence-electron chi connectivity index (χ2n) is 4.93. The van der Waals surface area contributed by atoms with E-state index in [4.69, 9.17) is 9.47 Å². The third-order valence-electron chi connectivity index (χ3n) is 3.65. The fourth-order valence-corrected chi connectivity index (χ4v) is 3.06. The number of aliphatic hydroxyl groups is 1. The van der Waals surface area contributed by atoms with Crippen LogP contribution in [0.1, 0.15) is 17.2 Å². The second-order valence-corrected chi connectivity index (χ2v) is 5.77. The van der Waals surface area contributed by atoms with Gasteiger partial charge in [0.05, 0.1) is 27.3 Å². The summed E-state index contributed by atoms with van der Waals surface area (Å²) >= 11 is 1.23. The van der Waals surface area contributed by atoms with Crippen LogP contribution in [-0.4, -0.2) is 47.0 Å². The first-order valence-electron chi connectivity index (χ1n) is 6.88. The van der Waals surface area contributed by atoms with E-state index in [1.165, 1.54) is 21.7 Å². The first-order chi connectivity index (χ1) is 11.1. The van der Waals surface area contributed by atoms with Crippen molar-refractivity contribution in [3.8, 4) is 11.5 Å². The normalized spacial score (nSPS) is 16.7. The van der Waals surface area contributed by atoms with Gasteiger partial charge in [-0.1, -0.05) is 11.3 Å². The van der Waals surface area contributed by atoms with Gasteiger partial charge in [-0.2, -0.15) is 0 Å². The summed E-state index contributed by atoms with van der Waals surface area (Å²) < 4.78 is 10.7. The quantitative estimate of drug-likeness (QED) is 0.884. The van der Waals surface area contributed by atoms with Gasteiger partial charge in [0.25, 0.3) is 0 Å². The van der Waals surface area contributed by atoms with Crippen LogP contribution in [0.15, 0.2) is 17.6 Å². The smallest absolute Gasteiger partial charge is 0.324 e. The van der Waals surface area contributed by atoms with Crippen LogP contribution in [0.5, 0.6) is 11.5 Å². The van der Waals surface area contributed by atoms with Crippen LogP contribution in [0.2, 0.25) is 0 Å². The molecule has 9 heteroatoms. The molecule has 122 valence electrons. The summed E-state index contributed by atoms with van der Waals surface area (Å²) in [6.07, 6.45) is -0.857. The van der Waals surface area contributed by atoms with Crippen molar-refractivity contribution in [3.05, 3.63) is 28.8 Å². The Labute approximate surface area is 136 Å². The van der Waals surface area contributed by atoms with E-state index in [0.717, 1.165) is 5.56 Å². The number of aromatic nitrogens is 2. The Kier molecular flexibility index (Phi) is 4.30. The fourth-order valence-electron chi connectivity index (χ4n) is 2.63. The lowest BCUT2D eigenvalue weighted by molar-refractivity contribution is 0.105. The zero-order valence-corrected chi connectivity index (χ0v) is 13.5. The van der Waals surface area contributed by atoms with Crippen LogP contribution in [0.4, 0.5) is 9.93 Å². The number of hydrogen-bond donors (Lipinski definition) is 2. The molecule has 0 saturated carbocycles. The SMILES string of the molecule is COc1ccc(OC)c2c1CN(C(=O)Nc1nncs1)C[C@H]2O. The van der Waals surface area contributed by atoms with E-state index >= 15 is 0 Å². The average molecular weight is 336 g/mol. The van der Waals surface area contributed by atoms with E-state index in [2.05, 4.69) is 15.5 Å². The van der Waals surface area contributed by atoms with Crippen molar-refractivity contribution in [2.45, 2.75) is 12.6 Å². The standard InChI is InChI=1S/C14H16N4O4S/c1-21-10-3-4-11(22-2)12-8(10)5-18(6-9(12)19)14(20)16-13-17-15-7-23-13/h3-4,7,9,19H,5-6H2,1-2H3,(H,16,17,20)/t9-/m1/s1. The maximum absolute atomic E-state index is 12.3. The molecule has 0 fully saturated rings. The Morgan fingerprint density at radius 2 is 2.13 bits per heavy atom. The number of carbonyl (C=O) groups is 1. The lowest BCUT2D eigenvalue weighted by Crippen LogP contribution is -2.41. The van der Waals surface area contributed by atoms with E-state index in [1.807, 2.05) is 0 Å². The molecule has 0 saturated heterocycles. The van der Waals surface area contributed by atoms with Crippen molar-refractivity contribution in [1.29, 1.82) is 0 Å². The van der Waals surface area contributed by atoms with Crippen molar-refractivity contribution in [2.75, 3.05) is 26.1 Å². The number of urea groups is 1. The molecule has 2 amide bonds. The molecule has 1 aromatic carbocycles. The van der Waals surface area contributed by atoms with Gasteiger partial charge in [-0.15, -0.1) is 10.2 Å². The molecule has 2 heterocycles. The van der Waals surface area contributed by atoms with E-state index < -0.39 is 6.10 Å². The number of anilines is 1. The first-order valence-corrected chi connectivity index (χ1v) is 7.76. The third-order valence-corrected chi connectivity index (χ3v) is 4.26. The number of benzene rings is 1. The number of methoxy groups -OCH3 is 2. The number of nitrogens with one attached hydrogen (secondary N) is 1. The largest absolute Gasteiger partial charge is 0.496 e. The molecule has 3 rings (SSSR count). The van der Waals surface area contributed by atoms with Crippen LogP contribution >= 0.6 is 11.3 Å². The first kappa shape index (κ1) is 15.5. The molecule has 0 radical (unpaired) electrons. The van der Waals surface area contributed by atoms with Gasteiger partial charge in [-0.05, 0) is 12.1 Å². The lowest BCUT2D eigenvalue weighted by atomic mass is 9.95. The Balaban J connectivity index is 1.88. The Hall–Kier alpha value is -2.39. The maximum atomic E-state index is 12.3. The minimum absolute atomic E-state index is 0.154. The molecule has 1 aliphatic rings. The van der Waals surface area contributed by atoms with Gasteiger partial charge in [-0.25, -0.2) is 4.79 Å². The molecule has 0 bridgehead atoms. The molecule has 2 aromatic rings. The molecule has 1 aliphatic heterocycles. The fraction of sp³-hybridized carbons (Fsp3) is 0.357. The van der Waals surface area contributed by atoms with Gasteiger partial charge in [0.15, 0.2) is 0 Å². The molecular formula is C14H16N4O4S. The number of fused-ring (bicyclic) bond motifs is 1. The van der Waals surface area contributed by atoms with Gasteiger partial charge in [0, 0.05) is 11.1 Å². The van der Waals surface area contributed by atoms with Crippen LogP contribution in [-0.2, 0) is 6.54 Å². The predicted molar refractivity (Wildman–Crippen MR) is 83.8 cm³/mol. The van der Waals surface area contributed by atoms with Crippen molar-refractivity contribution >= 4 is 22.5 Å². The van der Waals surface area contributed by atoms with Gasteiger partial charge in [-0.3, -0.25) is 5.32 Å². The van der Waals surface area contributed by atoms with Crippen LogP contribution in [0, 0.1) is 0 Å². The van der Waals surface area contributed by atoms with Gasteiger partial charge >= 0.3 is 6.03 Å². The molecule has 0 unspecified atom stereocenters. The monoisotopic (exact) mass is 336 g/mol. The summed E-state index contributed by atoms with van der Waals surface area (Å²) in [5.74, 6) is 1.19. The molecular weight excluding hydrogens is 320 g/mol. The van der Waals surface area contributed by atoms with Crippen LogP contribution in [0.3, 0.4) is 0 Å². The van der Waals surface area contributed by atoms with Crippen molar-refractivity contribution in [1.82, 2.24) is 15.1 Å². The molecule has 1 atom stereocenters.